The van der Waals surface area contributed by atoms with Crippen molar-refractivity contribution in [1.82, 2.24) is 19.6 Å². The van der Waals surface area contributed by atoms with Crippen LogP contribution in [0.2, 0.25) is 0 Å². The van der Waals surface area contributed by atoms with Crippen molar-refractivity contribution < 1.29 is 4.79 Å². The van der Waals surface area contributed by atoms with E-state index in [1.165, 1.54) is 0 Å². The van der Waals surface area contributed by atoms with Gasteiger partial charge in [0.25, 0.3) is 5.91 Å². The lowest BCUT2D eigenvalue weighted by molar-refractivity contribution is 0.0786. The molecular formula is C17H26N4OS. The predicted molar refractivity (Wildman–Crippen MR) is 95.2 cm³/mol. The number of thiophene rings is 1. The average molecular weight is 334 g/mol. The van der Waals surface area contributed by atoms with E-state index in [-0.39, 0.29) is 5.91 Å². The topological polar surface area (TPSA) is 41.4 Å². The van der Waals surface area contributed by atoms with Gasteiger partial charge in [0.1, 0.15) is 4.83 Å². The molecular weight excluding hydrogens is 308 g/mol. The van der Waals surface area contributed by atoms with Gasteiger partial charge in [-0.3, -0.25) is 9.48 Å². The fourth-order valence-electron chi connectivity index (χ4n) is 3.54. The van der Waals surface area contributed by atoms with E-state index in [0.717, 1.165) is 33.9 Å². The zero-order valence-corrected chi connectivity index (χ0v) is 15.6. The van der Waals surface area contributed by atoms with Gasteiger partial charge in [-0.25, -0.2) is 0 Å². The molecule has 0 aromatic carbocycles. The van der Waals surface area contributed by atoms with Gasteiger partial charge in [0.2, 0.25) is 0 Å². The Morgan fingerprint density at radius 1 is 1.39 bits per heavy atom. The van der Waals surface area contributed by atoms with Crippen LogP contribution in [0.15, 0.2) is 6.07 Å². The van der Waals surface area contributed by atoms with Gasteiger partial charge in [-0.1, -0.05) is 20.8 Å². The van der Waals surface area contributed by atoms with Crippen LogP contribution >= 0.6 is 11.3 Å². The van der Waals surface area contributed by atoms with E-state index in [9.17, 15) is 4.79 Å². The van der Waals surface area contributed by atoms with Crippen molar-refractivity contribution >= 4 is 27.5 Å². The number of aryl methyl sites for hydroxylation is 1. The molecule has 2 aromatic heterocycles. The number of likely N-dealkylation sites (tertiary alicyclic amines) is 1. The Hall–Kier alpha value is -1.40. The maximum Gasteiger partial charge on any atom is 0.264 e. The van der Waals surface area contributed by atoms with Crippen molar-refractivity contribution in [3.8, 4) is 0 Å². The number of likely N-dealkylation sites (N-methyl/N-ethyl adjacent to an activating group) is 1. The Kier molecular flexibility index (Phi) is 4.23. The normalized spacial score (nSPS) is 22.0. The van der Waals surface area contributed by atoms with E-state index in [1.54, 1.807) is 11.3 Å². The number of hydrogen-bond acceptors (Lipinski definition) is 4. The molecule has 0 saturated carbocycles. The third-order valence-corrected chi connectivity index (χ3v) is 6.01. The Morgan fingerprint density at radius 3 is 2.65 bits per heavy atom. The molecule has 0 N–H and O–H groups in total. The highest BCUT2D eigenvalue weighted by molar-refractivity contribution is 7.20. The van der Waals surface area contributed by atoms with Crippen LogP contribution in [0.5, 0.6) is 0 Å². The second-order valence-corrected chi connectivity index (χ2v) is 8.24. The molecule has 1 aliphatic rings. The van der Waals surface area contributed by atoms with Crippen LogP contribution in [-0.2, 0) is 7.05 Å². The highest BCUT2D eigenvalue weighted by atomic mass is 32.1. The Balaban J connectivity index is 1.89. The molecule has 1 amide bonds. The van der Waals surface area contributed by atoms with E-state index < -0.39 is 0 Å². The molecule has 2 aromatic rings. The number of nitrogens with zero attached hydrogens (tertiary/aromatic N) is 4. The standard InChI is InChI=1S/C17H26N4OS/c1-10(2)15-12-7-14(23-17(12)20(6)18-15)16(22)21-8-11(3)13(9-21)19(4)5/h7,10-11,13H,8-9H2,1-6H3/t11-,13+/m0/s1. The van der Waals surface area contributed by atoms with Gasteiger partial charge >= 0.3 is 0 Å². The quantitative estimate of drug-likeness (QED) is 0.867. The van der Waals surface area contributed by atoms with Crippen molar-refractivity contribution in [2.24, 2.45) is 13.0 Å². The van der Waals surface area contributed by atoms with Crippen LogP contribution in [0, 0.1) is 5.92 Å². The molecule has 0 aliphatic carbocycles. The van der Waals surface area contributed by atoms with Crippen molar-refractivity contribution in [2.75, 3.05) is 27.2 Å². The molecule has 126 valence electrons. The molecule has 23 heavy (non-hydrogen) atoms. The summed E-state index contributed by atoms with van der Waals surface area (Å²) in [4.78, 5) is 19.1. The van der Waals surface area contributed by atoms with Crippen LogP contribution in [0.3, 0.4) is 0 Å². The first kappa shape index (κ1) is 16.5. The van der Waals surface area contributed by atoms with Crippen molar-refractivity contribution in [2.45, 2.75) is 32.7 Å². The summed E-state index contributed by atoms with van der Waals surface area (Å²) in [5.41, 5.74) is 1.08. The summed E-state index contributed by atoms with van der Waals surface area (Å²) >= 11 is 1.56. The Bertz CT molecular complexity index is 730. The third-order valence-electron chi connectivity index (χ3n) is 4.82. The summed E-state index contributed by atoms with van der Waals surface area (Å²) in [6.45, 7) is 8.17. The van der Waals surface area contributed by atoms with Crippen LogP contribution in [-0.4, -0.2) is 58.7 Å². The number of carbonyl (C=O) groups excluding carboxylic acids is 1. The predicted octanol–water partition coefficient (Wildman–Crippen LogP) is 2.78. The lowest BCUT2D eigenvalue weighted by Crippen LogP contribution is -2.35. The van der Waals surface area contributed by atoms with Crippen molar-refractivity contribution in [3.63, 3.8) is 0 Å². The molecule has 0 spiro atoms. The molecule has 0 radical (unpaired) electrons. The van der Waals surface area contributed by atoms with Crippen molar-refractivity contribution in [3.05, 3.63) is 16.6 Å². The summed E-state index contributed by atoms with van der Waals surface area (Å²) in [5.74, 6) is 1.04. The molecule has 1 saturated heterocycles. The fraction of sp³-hybridized carbons (Fsp3) is 0.647. The molecule has 2 atom stereocenters. The van der Waals surface area contributed by atoms with Gasteiger partial charge in [-0.2, -0.15) is 5.10 Å². The minimum atomic E-state index is 0.164. The van der Waals surface area contributed by atoms with Gasteiger partial charge in [0.05, 0.1) is 10.6 Å². The molecule has 1 aliphatic heterocycles. The minimum absolute atomic E-state index is 0.164. The second kappa shape index (κ2) is 5.91. The van der Waals surface area contributed by atoms with Gasteiger partial charge in [-0.15, -0.1) is 11.3 Å². The first-order valence-corrected chi connectivity index (χ1v) is 9.03. The number of amides is 1. The van der Waals surface area contributed by atoms with Crippen LogP contribution in [0.25, 0.3) is 10.2 Å². The van der Waals surface area contributed by atoms with Gasteiger partial charge in [0.15, 0.2) is 0 Å². The van der Waals surface area contributed by atoms with E-state index in [2.05, 4.69) is 44.9 Å². The number of fused-ring (bicyclic) bond motifs is 1. The number of hydrogen-bond donors (Lipinski definition) is 0. The molecule has 5 nitrogen and oxygen atoms in total. The van der Waals surface area contributed by atoms with Crippen LogP contribution in [0.1, 0.15) is 42.1 Å². The highest BCUT2D eigenvalue weighted by Crippen LogP contribution is 2.33. The summed E-state index contributed by atoms with van der Waals surface area (Å²) in [5, 5.41) is 5.72. The highest BCUT2D eigenvalue weighted by Gasteiger charge is 2.34. The zero-order chi connectivity index (χ0) is 16.9. The average Bonchev–Trinajstić information content (AvgIpc) is 3.13. The van der Waals surface area contributed by atoms with Crippen LogP contribution < -0.4 is 0 Å². The summed E-state index contributed by atoms with van der Waals surface area (Å²) in [6, 6.07) is 2.49. The van der Waals surface area contributed by atoms with E-state index in [1.807, 2.05) is 22.7 Å². The zero-order valence-electron chi connectivity index (χ0n) is 14.8. The molecule has 3 rings (SSSR count). The first-order chi connectivity index (χ1) is 10.8. The smallest absolute Gasteiger partial charge is 0.264 e. The summed E-state index contributed by atoms with van der Waals surface area (Å²) in [6.07, 6.45) is 0. The van der Waals surface area contributed by atoms with Crippen molar-refractivity contribution in [1.29, 1.82) is 0 Å². The largest absolute Gasteiger partial charge is 0.336 e. The minimum Gasteiger partial charge on any atom is -0.336 e. The SMILES string of the molecule is CC(C)c1nn(C)c2sc(C(=O)N3C[C@@H](N(C)C)[C@@H](C)C3)cc12. The van der Waals surface area contributed by atoms with Gasteiger partial charge in [0, 0.05) is 31.6 Å². The molecule has 3 heterocycles. The van der Waals surface area contributed by atoms with Crippen LogP contribution in [0.4, 0.5) is 0 Å². The third kappa shape index (κ3) is 2.78. The molecule has 6 heteroatoms. The van der Waals surface area contributed by atoms with E-state index in [4.69, 9.17) is 0 Å². The Labute approximate surface area is 141 Å². The number of carbonyl (C=O) groups is 1. The number of aromatic nitrogens is 2. The second-order valence-electron chi connectivity index (χ2n) is 7.21. The molecule has 1 fully saturated rings. The number of rotatable bonds is 3. The lowest BCUT2D eigenvalue weighted by Gasteiger charge is -2.22. The molecule has 0 bridgehead atoms. The van der Waals surface area contributed by atoms with Gasteiger partial charge in [-0.05, 0) is 32.0 Å². The van der Waals surface area contributed by atoms with E-state index in [0.29, 0.717) is 17.9 Å². The first-order valence-electron chi connectivity index (χ1n) is 8.21. The van der Waals surface area contributed by atoms with E-state index >= 15 is 0 Å². The molecule has 0 unspecified atom stereocenters. The maximum atomic E-state index is 12.9. The lowest BCUT2D eigenvalue weighted by atomic mass is 10.1. The maximum absolute atomic E-state index is 12.9. The van der Waals surface area contributed by atoms with Gasteiger partial charge < -0.3 is 9.80 Å². The summed E-state index contributed by atoms with van der Waals surface area (Å²) < 4.78 is 1.90. The monoisotopic (exact) mass is 334 g/mol. The fourth-order valence-corrected chi connectivity index (χ4v) is 4.59. The summed E-state index contributed by atoms with van der Waals surface area (Å²) in [7, 11) is 6.14. The Morgan fingerprint density at radius 2 is 2.09 bits per heavy atom.